The van der Waals surface area contributed by atoms with Crippen molar-refractivity contribution in [3.8, 4) is 0 Å². The van der Waals surface area contributed by atoms with Crippen molar-refractivity contribution in [1.82, 2.24) is 10.2 Å². The number of hydrogen-bond acceptors (Lipinski definition) is 3. The maximum Gasteiger partial charge on any atom is 0.0463 e. The van der Waals surface area contributed by atoms with Crippen LogP contribution in [0.5, 0.6) is 0 Å². The summed E-state index contributed by atoms with van der Waals surface area (Å²) in [7, 11) is 2.14. The average Bonchev–Trinajstić information content (AvgIpc) is 2.29. The first-order valence-electron chi connectivity index (χ1n) is 5.50. The van der Waals surface area contributed by atoms with Crippen LogP contribution in [0.4, 0.5) is 0 Å². The summed E-state index contributed by atoms with van der Waals surface area (Å²) in [5.41, 5.74) is 7.46. The van der Waals surface area contributed by atoms with Gasteiger partial charge >= 0.3 is 0 Å². The van der Waals surface area contributed by atoms with Crippen molar-refractivity contribution in [3.05, 3.63) is 35.9 Å². The maximum atomic E-state index is 6.24. The van der Waals surface area contributed by atoms with E-state index >= 15 is 0 Å². The SMILES string of the molecule is CN1CCNC(C(N)c2ccccc2)C1. The van der Waals surface area contributed by atoms with Crippen molar-refractivity contribution < 1.29 is 0 Å². The molecule has 1 fully saturated rings. The van der Waals surface area contributed by atoms with E-state index < -0.39 is 0 Å². The molecule has 0 aromatic heterocycles. The van der Waals surface area contributed by atoms with Gasteiger partial charge in [0.1, 0.15) is 0 Å². The molecule has 0 saturated carbocycles. The second-order valence-corrected chi connectivity index (χ2v) is 4.26. The fraction of sp³-hybridized carbons (Fsp3) is 0.500. The van der Waals surface area contributed by atoms with Crippen molar-refractivity contribution in [2.45, 2.75) is 12.1 Å². The number of nitrogens with two attached hydrogens (primary N) is 1. The van der Waals surface area contributed by atoms with Crippen molar-refractivity contribution in [1.29, 1.82) is 0 Å². The van der Waals surface area contributed by atoms with Crippen molar-refractivity contribution >= 4 is 0 Å². The van der Waals surface area contributed by atoms with Gasteiger partial charge in [-0.05, 0) is 12.6 Å². The summed E-state index contributed by atoms with van der Waals surface area (Å²) in [4.78, 5) is 2.32. The zero-order valence-electron chi connectivity index (χ0n) is 9.19. The third-order valence-corrected chi connectivity index (χ3v) is 3.03. The molecule has 3 N–H and O–H groups in total. The highest BCUT2D eigenvalue weighted by molar-refractivity contribution is 5.20. The Morgan fingerprint density at radius 1 is 1.40 bits per heavy atom. The Kier molecular flexibility index (Phi) is 3.36. The second-order valence-electron chi connectivity index (χ2n) is 4.26. The molecule has 1 saturated heterocycles. The molecule has 3 nitrogen and oxygen atoms in total. The predicted molar refractivity (Wildman–Crippen MR) is 62.7 cm³/mol. The van der Waals surface area contributed by atoms with Crippen LogP contribution in [0.2, 0.25) is 0 Å². The van der Waals surface area contributed by atoms with Crippen LogP contribution in [-0.2, 0) is 0 Å². The molecule has 1 aliphatic rings. The number of rotatable bonds is 2. The molecule has 0 amide bonds. The molecule has 82 valence electrons. The Morgan fingerprint density at radius 2 is 2.13 bits per heavy atom. The third kappa shape index (κ3) is 2.56. The highest BCUT2D eigenvalue weighted by Crippen LogP contribution is 2.15. The quantitative estimate of drug-likeness (QED) is 0.742. The van der Waals surface area contributed by atoms with Crippen LogP contribution >= 0.6 is 0 Å². The van der Waals surface area contributed by atoms with E-state index in [-0.39, 0.29) is 6.04 Å². The minimum absolute atomic E-state index is 0.0916. The van der Waals surface area contributed by atoms with Crippen LogP contribution in [0.15, 0.2) is 30.3 Å². The Morgan fingerprint density at radius 3 is 2.80 bits per heavy atom. The van der Waals surface area contributed by atoms with E-state index in [0.717, 1.165) is 19.6 Å². The molecule has 0 radical (unpaired) electrons. The second kappa shape index (κ2) is 4.75. The van der Waals surface area contributed by atoms with Crippen molar-refractivity contribution in [2.75, 3.05) is 26.7 Å². The lowest BCUT2D eigenvalue weighted by Crippen LogP contribution is -2.53. The maximum absolute atomic E-state index is 6.24. The van der Waals surface area contributed by atoms with Gasteiger partial charge in [0.25, 0.3) is 0 Å². The number of piperazine rings is 1. The summed E-state index contributed by atoms with van der Waals surface area (Å²) in [6.07, 6.45) is 0. The molecule has 1 aromatic rings. The molecule has 15 heavy (non-hydrogen) atoms. The zero-order chi connectivity index (χ0) is 10.7. The fourth-order valence-corrected chi connectivity index (χ4v) is 2.08. The van der Waals surface area contributed by atoms with E-state index in [1.165, 1.54) is 5.56 Å². The number of likely N-dealkylation sites (N-methyl/N-ethyl adjacent to an activating group) is 1. The Labute approximate surface area is 91.3 Å². The monoisotopic (exact) mass is 205 g/mol. The first kappa shape index (κ1) is 10.6. The van der Waals surface area contributed by atoms with Gasteiger partial charge < -0.3 is 16.0 Å². The Hall–Kier alpha value is -0.900. The van der Waals surface area contributed by atoms with E-state index in [0.29, 0.717) is 6.04 Å². The lowest BCUT2D eigenvalue weighted by atomic mass is 9.99. The van der Waals surface area contributed by atoms with Crippen molar-refractivity contribution in [3.63, 3.8) is 0 Å². The van der Waals surface area contributed by atoms with E-state index in [1.807, 2.05) is 18.2 Å². The van der Waals surface area contributed by atoms with Crippen LogP contribution in [-0.4, -0.2) is 37.6 Å². The van der Waals surface area contributed by atoms with Crippen molar-refractivity contribution in [2.24, 2.45) is 5.73 Å². The Balaban J connectivity index is 2.04. The fourth-order valence-electron chi connectivity index (χ4n) is 2.08. The van der Waals surface area contributed by atoms with Gasteiger partial charge in [-0.15, -0.1) is 0 Å². The topological polar surface area (TPSA) is 41.3 Å². The normalized spacial score (nSPS) is 25.1. The van der Waals surface area contributed by atoms with Crippen LogP contribution in [0.25, 0.3) is 0 Å². The van der Waals surface area contributed by atoms with Gasteiger partial charge in [0.15, 0.2) is 0 Å². The summed E-state index contributed by atoms with van der Waals surface area (Å²) < 4.78 is 0. The minimum Gasteiger partial charge on any atom is -0.323 e. The first-order valence-corrected chi connectivity index (χ1v) is 5.50. The van der Waals surface area contributed by atoms with E-state index in [9.17, 15) is 0 Å². The molecule has 2 atom stereocenters. The summed E-state index contributed by atoms with van der Waals surface area (Å²) in [6, 6.07) is 10.8. The number of benzene rings is 1. The smallest absolute Gasteiger partial charge is 0.0463 e. The molecule has 2 rings (SSSR count). The van der Waals surface area contributed by atoms with E-state index in [1.54, 1.807) is 0 Å². The molecule has 3 heteroatoms. The van der Waals surface area contributed by atoms with Crippen LogP contribution < -0.4 is 11.1 Å². The first-order chi connectivity index (χ1) is 7.27. The third-order valence-electron chi connectivity index (χ3n) is 3.03. The average molecular weight is 205 g/mol. The summed E-state index contributed by atoms with van der Waals surface area (Å²) >= 11 is 0. The molecular formula is C12H19N3. The van der Waals surface area contributed by atoms with E-state index in [4.69, 9.17) is 5.73 Å². The predicted octanol–water partition coefficient (Wildman–Crippen LogP) is 0.590. The number of nitrogens with zero attached hydrogens (tertiary/aromatic N) is 1. The van der Waals surface area contributed by atoms with Gasteiger partial charge in [-0.1, -0.05) is 30.3 Å². The van der Waals surface area contributed by atoms with Gasteiger partial charge in [-0.3, -0.25) is 0 Å². The van der Waals surface area contributed by atoms with Crippen LogP contribution in [0.3, 0.4) is 0 Å². The molecular weight excluding hydrogens is 186 g/mol. The largest absolute Gasteiger partial charge is 0.323 e. The molecule has 2 unspecified atom stereocenters. The number of nitrogens with one attached hydrogen (secondary N) is 1. The molecule has 0 aliphatic carbocycles. The summed E-state index contributed by atoms with van der Waals surface area (Å²) in [6.45, 7) is 3.16. The standard InChI is InChI=1S/C12H19N3/c1-15-8-7-14-11(9-15)12(13)10-5-3-2-4-6-10/h2-6,11-12,14H,7-9,13H2,1H3. The van der Waals surface area contributed by atoms with E-state index in [2.05, 4.69) is 29.4 Å². The van der Waals surface area contributed by atoms with Gasteiger partial charge in [0, 0.05) is 31.7 Å². The minimum atomic E-state index is 0.0916. The lowest BCUT2D eigenvalue weighted by Gasteiger charge is -2.34. The summed E-state index contributed by atoms with van der Waals surface area (Å²) in [5, 5.41) is 3.48. The lowest BCUT2D eigenvalue weighted by molar-refractivity contribution is 0.220. The van der Waals surface area contributed by atoms with Gasteiger partial charge in [-0.25, -0.2) is 0 Å². The molecule has 1 heterocycles. The molecule has 0 spiro atoms. The highest BCUT2D eigenvalue weighted by atomic mass is 15.2. The molecule has 1 aromatic carbocycles. The number of hydrogen-bond donors (Lipinski definition) is 2. The van der Waals surface area contributed by atoms with Crippen LogP contribution in [0.1, 0.15) is 11.6 Å². The summed E-state index contributed by atoms with van der Waals surface area (Å²) in [5.74, 6) is 0. The zero-order valence-corrected chi connectivity index (χ0v) is 9.19. The van der Waals surface area contributed by atoms with Crippen LogP contribution in [0, 0.1) is 0 Å². The molecule has 0 bridgehead atoms. The molecule has 1 aliphatic heterocycles. The Bertz CT molecular complexity index is 299. The van der Waals surface area contributed by atoms with Gasteiger partial charge in [0.05, 0.1) is 0 Å². The van der Waals surface area contributed by atoms with Gasteiger partial charge in [-0.2, -0.15) is 0 Å². The highest BCUT2D eigenvalue weighted by Gasteiger charge is 2.23. The van der Waals surface area contributed by atoms with Gasteiger partial charge in [0.2, 0.25) is 0 Å².